The van der Waals surface area contributed by atoms with Gasteiger partial charge in [-0.05, 0) is 11.1 Å². The first-order valence-electron chi connectivity index (χ1n) is 4.09. The number of hydrogen-bond donors (Lipinski definition) is 1. The molecule has 0 fully saturated rings. The molecule has 0 aromatic heterocycles. The first-order chi connectivity index (χ1) is 6.53. The second kappa shape index (κ2) is 4.54. The second-order valence-electron chi connectivity index (χ2n) is 3.01. The van der Waals surface area contributed by atoms with Crippen molar-refractivity contribution in [2.24, 2.45) is 5.14 Å². The van der Waals surface area contributed by atoms with Gasteiger partial charge in [0.05, 0.1) is 12.4 Å². The maximum atomic E-state index is 10.9. The van der Waals surface area contributed by atoms with Crippen molar-refractivity contribution in [1.82, 2.24) is 0 Å². The third-order valence-electron chi connectivity index (χ3n) is 1.77. The Hall–Kier alpha value is -0.910. The van der Waals surface area contributed by atoms with E-state index in [2.05, 4.69) is 0 Å². The van der Waals surface area contributed by atoms with Gasteiger partial charge in [0, 0.05) is 7.11 Å². The number of hydrogen-bond acceptors (Lipinski definition) is 3. The fourth-order valence-corrected chi connectivity index (χ4v) is 1.93. The number of sulfonamides is 1. The Morgan fingerprint density at radius 2 is 1.86 bits per heavy atom. The zero-order chi connectivity index (χ0) is 10.6. The summed E-state index contributed by atoms with van der Waals surface area (Å²) in [5, 5.41) is 4.96. The molecule has 0 spiro atoms. The Morgan fingerprint density at radius 1 is 1.29 bits per heavy atom. The Labute approximate surface area is 83.7 Å². The standard InChI is InChI=1S/C9H13NO3S/c1-13-6-8-4-2-3-5-9(8)7-14(10,11)12/h2-5H,6-7H2,1H3,(H2,10,11,12). The summed E-state index contributed by atoms with van der Waals surface area (Å²) in [5.74, 6) is -0.146. The first-order valence-corrected chi connectivity index (χ1v) is 5.80. The summed E-state index contributed by atoms with van der Waals surface area (Å²) in [6.45, 7) is 0.395. The second-order valence-corrected chi connectivity index (χ2v) is 4.62. The summed E-state index contributed by atoms with van der Waals surface area (Å²) in [6.07, 6.45) is 0. The summed E-state index contributed by atoms with van der Waals surface area (Å²) in [6, 6.07) is 7.17. The Bertz CT molecular complexity index is 400. The maximum absolute atomic E-state index is 10.9. The number of methoxy groups -OCH3 is 1. The molecule has 1 aromatic rings. The van der Waals surface area contributed by atoms with Gasteiger partial charge >= 0.3 is 0 Å². The van der Waals surface area contributed by atoms with Gasteiger partial charge in [-0.25, -0.2) is 13.6 Å². The summed E-state index contributed by atoms with van der Waals surface area (Å²) in [5.41, 5.74) is 1.54. The van der Waals surface area contributed by atoms with Gasteiger partial charge in [0.15, 0.2) is 0 Å². The van der Waals surface area contributed by atoms with Crippen LogP contribution < -0.4 is 5.14 Å². The molecule has 14 heavy (non-hydrogen) atoms. The van der Waals surface area contributed by atoms with Gasteiger partial charge in [0.2, 0.25) is 10.0 Å². The number of primary sulfonamides is 1. The van der Waals surface area contributed by atoms with Crippen LogP contribution in [0.3, 0.4) is 0 Å². The average Bonchev–Trinajstić information content (AvgIpc) is 2.06. The van der Waals surface area contributed by atoms with Crippen molar-refractivity contribution in [3.63, 3.8) is 0 Å². The van der Waals surface area contributed by atoms with Crippen molar-refractivity contribution < 1.29 is 13.2 Å². The molecule has 0 saturated heterocycles. The minimum Gasteiger partial charge on any atom is -0.380 e. The highest BCUT2D eigenvalue weighted by Crippen LogP contribution is 2.11. The van der Waals surface area contributed by atoms with Gasteiger partial charge in [-0.1, -0.05) is 24.3 Å². The largest absolute Gasteiger partial charge is 0.380 e. The smallest absolute Gasteiger partial charge is 0.213 e. The Kier molecular flexibility index (Phi) is 3.62. The normalized spacial score (nSPS) is 11.6. The van der Waals surface area contributed by atoms with Crippen molar-refractivity contribution in [1.29, 1.82) is 0 Å². The molecule has 4 nitrogen and oxygen atoms in total. The van der Waals surface area contributed by atoms with E-state index in [0.717, 1.165) is 5.56 Å². The lowest BCUT2D eigenvalue weighted by Gasteiger charge is -2.06. The molecule has 0 heterocycles. The summed E-state index contributed by atoms with van der Waals surface area (Å²) < 4.78 is 26.7. The highest BCUT2D eigenvalue weighted by molar-refractivity contribution is 7.88. The molecule has 0 saturated carbocycles. The predicted molar refractivity (Wildman–Crippen MR) is 54.0 cm³/mol. The van der Waals surface area contributed by atoms with Gasteiger partial charge in [-0.3, -0.25) is 0 Å². The minimum absolute atomic E-state index is 0.146. The highest BCUT2D eigenvalue weighted by Gasteiger charge is 2.08. The molecule has 78 valence electrons. The van der Waals surface area contributed by atoms with E-state index in [9.17, 15) is 8.42 Å². The monoisotopic (exact) mass is 215 g/mol. The van der Waals surface area contributed by atoms with Gasteiger partial charge < -0.3 is 4.74 Å². The van der Waals surface area contributed by atoms with Crippen LogP contribution in [0.2, 0.25) is 0 Å². The van der Waals surface area contributed by atoms with Crippen LogP contribution >= 0.6 is 0 Å². The first kappa shape index (κ1) is 11.2. The highest BCUT2D eigenvalue weighted by atomic mass is 32.2. The average molecular weight is 215 g/mol. The number of benzene rings is 1. The molecule has 0 aliphatic heterocycles. The van der Waals surface area contributed by atoms with E-state index >= 15 is 0 Å². The van der Waals surface area contributed by atoms with Crippen LogP contribution in [0.1, 0.15) is 11.1 Å². The molecule has 0 radical (unpaired) electrons. The SMILES string of the molecule is COCc1ccccc1CS(N)(=O)=O. The topological polar surface area (TPSA) is 69.4 Å². The molecule has 1 aromatic carbocycles. The van der Waals surface area contributed by atoms with Crippen LogP contribution in [0.4, 0.5) is 0 Å². The molecular formula is C9H13NO3S. The van der Waals surface area contributed by atoms with Crippen LogP contribution in [0.25, 0.3) is 0 Å². The van der Waals surface area contributed by atoms with Gasteiger partial charge in [-0.15, -0.1) is 0 Å². The van der Waals surface area contributed by atoms with Crippen molar-refractivity contribution >= 4 is 10.0 Å². The van der Waals surface area contributed by atoms with E-state index < -0.39 is 10.0 Å². The van der Waals surface area contributed by atoms with E-state index in [1.165, 1.54) is 0 Å². The molecule has 0 bridgehead atoms. The van der Waals surface area contributed by atoms with Crippen LogP contribution in [0.5, 0.6) is 0 Å². The summed E-state index contributed by atoms with van der Waals surface area (Å²) in [7, 11) is -1.91. The van der Waals surface area contributed by atoms with Crippen molar-refractivity contribution in [2.45, 2.75) is 12.4 Å². The van der Waals surface area contributed by atoms with E-state index in [1.807, 2.05) is 12.1 Å². The van der Waals surface area contributed by atoms with Gasteiger partial charge in [0.1, 0.15) is 0 Å². The molecule has 0 aliphatic rings. The summed E-state index contributed by atoms with van der Waals surface area (Å²) in [4.78, 5) is 0. The maximum Gasteiger partial charge on any atom is 0.213 e. The molecule has 0 amide bonds. The zero-order valence-corrected chi connectivity index (χ0v) is 8.75. The van der Waals surface area contributed by atoms with Crippen LogP contribution in [0.15, 0.2) is 24.3 Å². The van der Waals surface area contributed by atoms with Crippen molar-refractivity contribution in [3.05, 3.63) is 35.4 Å². The van der Waals surface area contributed by atoms with Crippen molar-refractivity contribution in [2.75, 3.05) is 7.11 Å². The van der Waals surface area contributed by atoms with Crippen LogP contribution in [0, 0.1) is 0 Å². The minimum atomic E-state index is -3.47. The van der Waals surface area contributed by atoms with Gasteiger partial charge in [-0.2, -0.15) is 0 Å². The van der Waals surface area contributed by atoms with E-state index in [4.69, 9.17) is 9.88 Å². The molecule has 0 atom stereocenters. The van der Waals surface area contributed by atoms with Crippen molar-refractivity contribution in [3.8, 4) is 0 Å². The lowest BCUT2D eigenvalue weighted by molar-refractivity contribution is 0.184. The van der Waals surface area contributed by atoms with Crippen LogP contribution in [-0.4, -0.2) is 15.5 Å². The fraction of sp³-hybridized carbons (Fsp3) is 0.333. The predicted octanol–water partition coefficient (Wildman–Crippen LogP) is 0.622. The quantitative estimate of drug-likeness (QED) is 0.800. The molecular weight excluding hydrogens is 202 g/mol. The molecule has 2 N–H and O–H groups in total. The Morgan fingerprint density at radius 3 is 2.36 bits per heavy atom. The third kappa shape index (κ3) is 3.45. The van der Waals surface area contributed by atoms with E-state index in [1.54, 1.807) is 19.2 Å². The number of nitrogens with two attached hydrogens (primary N) is 1. The fourth-order valence-electron chi connectivity index (χ4n) is 1.21. The summed E-state index contributed by atoms with van der Waals surface area (Å²) >= 11 is 0. The molecule has 0 unspecified atom stereocenters. The lowest BCUT2D eigenvalue weighted by Crippen LogP contribution is -2.15. The molecule has 0 aliphatic carbocycles. The number of rotatable bonds is 4. The number of ether oxygens (including phenoxy) is 1. The third-order valence-corrected chi connectivity index (χ3v) is 2.49. The lowest BCUT2D eigenvalue weighted by atomic mass is 10.1. The zero-order valence-electron chi connectivity index (χ0n) is 7.93. The Balaban J connectivity index is 2.95. The van der Waals surface area contributed by atoms with Crippen LogP contribution in [-0.2, 0) is 27.1 Å². The van der Waals surface area contributed by atoms with E-state index in [0.29, 0.717) is 12.2 Å². The van der Waals surface area contributed by atoms with Gasteiger partial charge in [0.25, 0.3) is 0 Å². The molecule has 1 rings (SSSR count). The molecule has 5 heteroatoms. The van der Waals surface area contributed by atoms with E-state index in [-0.39, 0.29) is 5.75 Å².